The minimum absolute atomic E-state index is 0.322. The van der Waals surface area contributed by atoms with Gasteiger partial charge in [-0.05, 0) is 24.3 Å². The molecule has 0 saturated carbocycles. The highest BCUT2D eigenvalue weighted by atomic mass is 35.5. The number of halogens is 2. The molecule has 1 atom stereocenters. The molecule has 1 heterocycles. The van der Waals surface area contributed by atoms with Crippen molar-refractivity contribution in [3.05, 3.63) is 69.2 Å². The van der Waals surface area contributed by atoms with Crippen molar-refractivity contribution in [2.75, 3.05) is 7.11 Å². The quantitative estimate of drug-likeness (QED) is 0.923. The third kappa shape index (κ3) is 1.95. The van der Waals surface area contributed by atoms with Crippen LogP contribution in [0.4, 0.5) is 0 Å². The van der Waals surface area contributed by atoms with Crippen LogP contribution < -0.4 is 0 Å². The monoisotopic (exact) mass is 323 g/mol. The lowest BCUT2D eigenvalue weighted by molar-refractivity contribution is -0.223. The summed E-state index contributed by atoms with van der Waals surface area (Å²) in [6.45, 7) is 0. The van der Waals surface area contributed by atoms with Gasteiger partial charge in [-0.3, -0.25) is 9.63 Å². The van der Waals surface area contributed by atoms with Gasteiger partial charge in [0.05, 0.1) is 12.7 Å². The van der Waals surface area contributed by atoms with E-state index in [1.165, 1.54) is 13.2 Å². The van der Waals surface area contributed by atoms with E-state index in [9.17, 15) is 9.90 Å². The van der Waals surface area contributed by atoms with Gasteiger partial charge >= 0.3 is 0 Å². The van der Waals surface area contributed by atoms with E-state index in [1.54, 1.807) is 36.4 Å². The van der Waals surface area contributed by atoms with Crippen molar-refractivity contribution in [1.29, 1.82) is 0 Å². The van der Waals surface area contributed by atoms with E-state index in [0.29, 0.717) is 26.7 Å². The minimum Gasteiger partial charge on any atom is -0.361 e. The van der Waals surface area contributed by atoms with E-state index in [4.69, 9.17) is 28.0 Å². The summed E-state index contributed by atoms with van der Waals surface area (Å²) in [4.78, 5) is 17.5. The van der Waals surface area contributed by atoms with E-state index in [1.807, 2.05) is 0 Å². The van der Waals surface area contributed by atoms with Crippen molar-refractivity contribution in [2.45, 2.75) is 5.72 Å². The van der Waals surface area contributed by atoms with Crippen LogP contribution in [0.2, 0.25) is 10.0 Å². The molecule has 2 aromatic rings. The summed E-state index contributed by atoms with van der Waals surface area (Å²) in [5, 5.41) is 12.8. The lowest BCUT2D eigenvalue weighted by Gasteiger charge is -2.32. The third-order valence-electron chi connectivity index (χ3n) is 3.50. The van der Waals surface area contributed by atoms with Gasteiger partial charge in [0.1, 0.15) is 0 Å². The molecule has 1 amide bonds. The molecule has 3 rings (SSSR count). The Morgan fingerprint density at radius 2 is 1.86 bits per heavy atom. The number of fused-ring (bicyclic) bond motifs is 1. The number of carbonyl (C=O) groups excluding carboxylic acids is 1. The molecule has 4 nitrogen and oxygen atoms in total. The Morgan fingerprint density at radius 3 is 2.52 bits per heavy atom. The van der Waals surface area contributed by atoms with Crippen molar-refractivity contribution >= 4 is 29.1 Å². The average Bonchev–Trinajstić information content (AvgIpc) is 2.68. The van der Waals surface area contributed by atoms with Gasteiger partial charge < -0.3 is 5.11 Å². The Hall–Kier alpha value is -1.59. The standard InChI is InChI=1S/C15H11Cl2NO3/c1-21-18-14(19)10-7-6-9(16)8-12(10)15(18,20)11-4-2-3-5-13(11)17/h2-8,20H,1H3. The van der Waals surface area contributed by atoms with Crippen LogP contribution in [-0.4, -0.2) is 23.2 Å². The van der Waals surface area contributed by atoms with Crippen molar-refractivity contribution in [3.8, 4) is 0 Å². The second-order valence-corrected chi connectivity index (χ2v) is 5.47. The van der Waals surface area contributed by atoms with Crippen LogP contribution in [0.15, 0.2) is 42.5 Å². The Kier molecular flexibility index (Phi) is 3.42. The van der Waals surface area contributed by atoms with E-state index in [2.05, 4.69) is 0 Å². The van der Waals surface area contributed by atoms with Gasteiger partial charge in [-0.1, -0.05) is 41.4 Å². The van der Waals surface area contributed by atoms with E-state index < -0.39 is 11.6 Å². The molecule has 0 fully saturated rings. The molecule has 1 aliphatic heterocycles. The van der Waals surface area contributed by atoms with Gasteiger partial charge in [0, 0.05) is 21.2 Å². The predicted octanol–water partition coefficient (Wildman–Crippen LogP) is 3.20. The number of benzene rings is 2. The van der Waals surface area contributed by atoms with Crippen LogP contribution in [0.5, 0.6) is 0 Å². The summed E-state index contributed by atoms with van der Waals surface area (Å²) in [7, 11) is 1.31. The van der Waals surface area contributed by atoms with Crippen molar-refractivity contribution in [1.82, 2.24) is 5.06 Å². The Balaban J connectivity index is 2.32. The second-order valence-electron chi connectivity index (χ2n) is 4.62. The molecule has 0 saturated heterocycles. The molecule has 0 spiro atoms. The van der Waals surface area contributed by atoms with Gasteiger partial charge in [-0.25, -0.2) is 0 Å². The molecule has 1 aliphatic rings. The molecule has 6 heteroatoms. The molecule has 21 heavy (non-hydrogen) atoms. The van der Waals surface area contributed by atoms with Crippen LogP contribution >= 0.6 is 23.2 Å². The first-order valence-corrected chi connectivity index (χ1v) is 6.92. The largest absolute Gasteiger partial charge is 0.361 e. The Morgan fingerprint density at radius 1 is 1.14 bits per heavy atom. The summed E-state index contributed by atoms with van der Waals surface area (Å²) >= 11 is 12.2. The summed E-state index contributed by atoms with van der Waals surface area (Å²) in [5.74, 6) is -0.452. The summed E-state index contributed by atoms with van der Waals surface area (Å²) < 4.78 is 0. The smallest absolute Gasteiger partial charge is 0.281 e. The summed E-state index contributed by atoms with van der Waals surface area (Å²) in [5.41, 5.74) is -0.800. The zero-order valence-corrected chi connectivity index (χ0v) is 12.5. The van der Waals surface area contributed by atoms with Crippen LogP contribution in [0.25, 0.3) is 0 Å². The van der Waals surface area contributed by atoms with E-state index >= 15 is 0 Å². The molecule has 2 aromatic carbocycles. The average molecular weight is 324 g/mol. The lowest BCUT2D eigenvalue weighted by atomic mass is 9.94. The van der Waals surface area contributed by atoms with Gasteiger partial charge in [-0.2, -0.15) is 5.06 Å². The van der Waals surface area contributed by atoms with Crippen molar-refractivity contribution < 1.29 is 14.7 Å². The van der Waals surface area contributed by atoms with Crippen molar-refractivity contribution in [2.24, 2.45) is 0 Å². The molecule has 108 valence electrons. The molecule has 0 radical (unpaired) electrons. The van der Waals surface area contributed by atoms with E-state index in [-0.39, 0.29) is 0 Å². The highest BCUT2D eigenvalue weighted by molar-refractivity contribution is 6.32. The van der Waals surface area contributed by atoms with Crippen molar-refractivity contribution in [3.63, 3.8) is 0 Å². The summed E-state index contributed by atoms with van der Waals surface area (Å²) in [6.07, 6.45) is 0. The molecular weight excluding hydrogens is 313 g/mol. The maximum Gasteiger partial charge on any atom is 0.281 e. The third-order valence-corrected chi connectivity index (χ3v) is 4.06. The number of rotatable bonds is 2. The number of carbonyl (C=O) groups is 1. The predicted molar refractivity (Wildman–Crippen MR) is 79.1 cm³/mol. The topological polar surface area (TPSA) is 49.8 Å². The normalized spacial score (nSPS) is 20.8. The highest BCUT2D eigenvalue weighted by Crippen LogP contribution is 2.45. The Bertz CT molecular complexity index is 735. The van der Waals surface area contributed by atoms with Crippen LogP contribution in [-0.2, 0) is 10.6 Å². The molecule has 1 unspecified atom stereocenters. The maximum absolute atomic E-state index is 12.4. The molecule has 0 aliphatic carbocycles. The molecular formula is C15H11Cl2NO3. The SMILES string of the molecule is CON1C(=O)c2ccc(Cl)cc2C1(O)c1ccccc1Cl. The van der Waals surface area contributed by atoms with Gasteiger partial charge in [0.2, 0.25) is 5.72 Å². The fourth-order valence-electron chi connectivity index (χ4n) is 2.57. The Labute approximate surface area is 131 Å². The first-order valence-electron chi connectivity index (χ1n) is 6.16. The fourth-order valence-corrected chi connectivity index (χ4v) is 3.01. The molecule has 0 aromatic heterocycles. The second kappa shape index (κ2) is 5.00. The van der Waals surface area contributed by atoms with Crippen LogP contribution in [0, 0.1) is 0 Å². The van der Waals surface area contributed by atoms with Gasteiger partial charge in [0.25, 0.3) is 5.91 Å². The van der Waals surface area contributed by atoms with Crippen LogP contribution in [0.3, 0.4) is 0 Å². The molecule has 1 N–H and O–H groups in total. The number of hydrogen-bond acceptors (Lipinski definition) is 3. The zero-order valence-electron chi connectivity index (χ0n) is 11.0. The first kappa shape index (κ1) is 14.4. The number of hydrogen-bond donors (Lipinski definition) is 1. The fraction of sp³-hybridized carbons (Fsp3) is 0.133. The lowest BCUT2D eigenvalue weighted by Crippen LogP contribution is -2.44. The van der Waals surface area contributed by atoms with Crippen LogP contribution in [0.1, 0.15) is 21.5 Å². The number of hydroxylamine groups is 2. The first-order chi connectivity index (χ1) is 10.00. The maximum atomic E-state index is 12.4. The minimum atomic E-state index is -1.82. The molecule has 0 bridgehead atoms. The van der Waals surface area contributed by atoms with Gasteiger partial charge in [-0.15, -0.1) is 0 Å². The number of amides is 1. The highest BCUT2D eigenvalue weighted by Gasteiger charge is 2.52. The van der Waals surface area contributed by atoms with Gasteiger partial charge in [0.15, 0.2) is 0 Å². The number of aliphatic hydroxyl groups is 1. The summed E-state index contributed by atoms with van der Waals surface area (Å²) in [6, 6.07) is 11.4. The zero-order chi connectivity index (χ0) is 15.2. The van der Waals surface area contributed by atoms with E-state index in [0.717, 1.165) is 5.06 Å². The number of nitrogens with zero attached hydrogens (tertiary/aromatic N) is 1.